The Hall–Kier alpha value is -2.03. The number of urea groups is 1. The molecule has 27 heavy (non-hydrogen) atoms. The van der Waals surface area contributed by atoms with Crippen molar-refractivity contribution < 1.29 is 13.9 Å². The van der Waals surface area contributed by atoms with Crippen molar-refractivity contribution in [2.75, 3.05) is 19.7 Å². The molecule has 1 aliphatic rings. The number of nitrogens with one attached hydrogen (secondary N) is 1. The summed E-state index contributed by atoms with van der Waals surface area (Å²) in [5.74, 6) is -0.132. The highest BCUT2D eigenvalue weighted by atomic mass is 35.5. The van der Waals surface area contributed by atoms with E-state index in [1.54, 1.807) is 30.0 Å². The summed E-state index contributed by atoms with van der Waals surface area (Å²) in [4.78, 5) is 17.8. The standard InChI is InChI=1S/C18H22ClFN4O2S/c1-3-26-16-10-24(18(25)23-17(27)22-11(2)21)7-6-13(16)8-12-4-5-14(19)9-15(12)20/h4-5,8-9,16H,3,6-7,10H2,1-2H3,(H3,21,22,23,25,27)/b13-8-. The molecule has 1 aromatic carbocycles. The summed E-state index contributed by atoms with van der Waals surface area (Å²) in [7, 11) is 0. The third-order valence-electron chi connectivity index (χ3n) is 3.92. The fourth-order valence-corrected chi connectivity index (χ4v) is 3.11. The molecule has 3 N–H and O–H groups in total. The van der Waals surface area contributed by atoms with Crippen LogP contribution in [0.1, 0.15) is 25.8 Å². The lowest BCUT2D eigenvalue weighted by Crippen LogP contribution is -2.49. The summed E-state index contributed by atoms with van der Waals surface area (Å²) in [6.45, 7) is 4.69. The Morgan fingerprint density at radius 2 is 2.33 bits per heavy atom. The highest BCUT2D eigenvalue weighted by Gasteiger charge is 2.28. The van der Waals surface area contributed by atoms with Gasteiger partial charge in [-0.25, -0.2) is 14.2 Å². The van der Waals surface area contributed by atoms with E-state index in [-0.39, 0.29) is 23.1 Å². The van der Waals surface area contributed by atoms with Gasteiger partial charge >= 0.3 is 6.03 Å². The molecule has 1 fully saturated rings. The molecule has 1 unspecified atom stereocenters. The van der Waals surface area contributed by atoms with Gasteiger partial charge in [0, 0.05) is 23.7 Å². The number of rotatable bonds is 3. The topological polar surface area (TPSA) is 80.0 Å². The van der Waals surface area contributed by atoms with Gasteiger partial charge in [-0.2, -0.15) is 0 Å². The first-order chi connectivity index (χ1) is 12.8. The molecule has 9 heteroatoms. The molecule has 1 aliphatic heterocycles. The third kappa shape index (κ3) is 6.27. The number of hydrogen-bond donors (Lipinski definition) is 2. The maximum Gasteiger partial charge on any atom is 0.323 e. The number of likely N-dealkylation sites (tertiary alicyclic amines) is 1. The molecular formula is C18H22ClFN4O2S. The molecule has 0 spiro atoms. The first-order valence-electron chi connectivity index (χ1n) is 8.48. The molecule has 1 saturated heterocycles. The number of nitrogens with zero attached hydrogens (tertiary/aromatic N) is 2. The molecule has 1 atom stereocenters. The maximum absolute atomic E-state index is 14.1. The highest BCUT2D eigenvalue weighted by Crippen LogP contribution is 2.25. The van der Waals surface area contributed by atoms with E-state index in [1.807, 2.05) is 6.92 Å². The van der Waals surface area contributed by atoms with Crippen LogP contribution in [-0.2, 0) is 4.74 Å². The van der Waals surface area contributed by atoms with Crippen molar-refractivity contribution >= 4 is 46.9 Å². The molecular weight excluding hydrogens is 391 g/mol. The van der Waals surface area contributed by atoms with Crippen LogP contribution in [0.3, 0.4) is 0 Å². The summed E-state index contributed by atoms with van der Waals surface area (Å²) < 4.78 is 19.9. The van der Waals surface area contributed by atoms with Crippen LogP contribution in [0.4, 0.5) is 9.18 Å². The van der Waals surface area contributed by atoms with E-state index in [4.69, 9.17) is 34.3 Å². The summed E-state index contributed by atoms with van der Waals surface area (Å²) in [5.41, 5.74) is 6.81. The van der Waals surface area contributed by atoms with E-state index < -0.39 is 5.82 Å². The van der Waals surface area contributed by atoms with Gasteiger partial charge in [0.25, 0.3) is 0 Å². The molecule has 2 amide bonds. The number of nitrogens with two attached hydrogens (primary N) is 1. The van der Waals surface area contributed by atoms with E-state index in [0.29, 0.717) is 36.7 Å². The lowest BCUT2D eigenvalue weighted by molar-refractivity contribution is 0.0504. The second-order valence-electron chi connectivity index (χ2n) is 6.01. The Morgan fingerprint density at radius 3 is 2.96 bits per heavy atom. The number of hydrogen-bond acceptors (Lipinski definition) is 3. The zero-order chi connectivity index (χ0) is 20.0. The Kier molecular flexibility index (Phi) is 7.70. The van der Waals surface area contributed by atoms with Gasteiger partial charge in [-0.1, -0.05) is 23.7 Å². The van der Waals surface area contributed by atoms with Crippen molar-refractivity contribution in [3.63, 3.8) is 0 Å². The van der Waals surface area contributed by atoms with Gasteiger partial charge in [0.15, 0.2) is 0 Å². The largest absolute Gasteiger partial charge is 0.387 e. The molecule has 2 rings (SSSR count). The predicted molar refractivity (Wildman–Crippen MR) is 109 cm³/mol. The third-order valence-corrected chi connectivity index (χ3v) is 4.35. The van der Waals surface area contributed by atoms with Crippen molar-refractivity contribution in [3.05, 3.63) is 40.2 Å². The van der Waals surface area contributed by atoms with E-state index in [0.717, 1.165) is 5.57 Å². The minimum absolute atomic E-state index is 0.0116. The van der Waals surface area contributed by atoms with Crippen LogP contribution in [0.15, 0.2) is 28.8 Å². The molecule has 0 radical (unpaired) electrons. The number of aliphatic imine (C=N–C) groups is 1. The number of amidine groups is 1. The Bertz CT molecular complexity index is 781. The van der Waals surface area contributed by atoms with E-state index in [9.17, 15) is 9.18 Å². The average molecular weight is 413 g/mol. The molecule has 0 aliphatic carbocycles. The average Bonchev–Trinajstić information content (AvgIpc) is 2.58. The monoisotopic (exact) mass is 412 g/mol. The van der Waals surface area contributed by atoms with Crippen LogP contribution >= 0.6 is 23.8 Å². The Morgan fingerprint density at radius 1 is 1.59 bits per heavy atom. The fraction of sp³-hybridized carbons (Fsp3) is 0.389. The van der Waals surface area contributed by atoms with Gasteiger partial charge in [-0.05, 0) is 50.2 Å². The number of thiocarbonyl (C=S) groups is 1. The summed E-state index contributed by atoms with van der Waals surface area (Å²) in [5, 5.41) is 2.88. The molecule has 6 nitrogen and oxygen atoms in total. The minimum atomic E-state index is -0.397. The van der Waals surface area contributed by atoms with Crippen molar-refractivity contribution in [1.82, 2.24) is 10.2 Å². The first-order valence-corrected chi connectivity index (χ1v) is 9.26. The van der Waals surface area contributed by atoms with Gasteiger partial charge in [0.1, 0.15) is 5.82 Å². The minimum Gasteiger partial charge on any atom is -0.387 e. The van der Waals surface area contributed by atoms with Crippen LogP contribution in [0, 0.1) is 5.82 Å². The number of amides is 2. The van der Waals surface area contributed by atoms with Crippen LogP contribution in [0.25, 0.3) is 6.08 Å². The molecule has 1 aromatic rings. The van der Waals surface area contributed by atoms with Crippen LogP contribution in [0.2, 0.25) is 5.02 Å². The molecule has 0 bridgehead atoms. The second-order valence-corrected chi connectivity index (χ2v) is 6.84. The van der Waals surface area contributed by atoms with Crippen molar-refractivity contribution in [2.45, 2.75) is 26.4 Å². The van der Waals surface area contributed by atoms with Crippen molar-refractivity contribution in [2.24, 2.45) is 10.7 Å². The quantitative estimate of drug-likeness (QED) is 0.453. The molecule has 0 saturated carbocycles. The van der Waals surface area contributed by atoms with Gasteiger partial charge in [-0.15, -0.1) is 0 Å². The van der Waals surface area contributed by atoms with Gasteiger partial charge in [0.2, 0.25) is 5.11 Å². The number of carbonyl (C=O) groups excluding carboxylic acids is 1. The van der Waals surface area contributed by atoms with Crippen LogP contribution in [0.5, 0.6) is 0 Å². The van der Waals surface area contributed by atoms with Crippen LogP contribution in [-0.4, -0.2) is 47.7 Å². The summed E-state index contributed by atoms with van der Waals surface area (Å²) in [6, 6.07) is 4.16. The first kappa shape index (κ1) is 21.3. The predicted octanol–water partition coefficient (Wildman–Crippen LogP) is 3.34. The SMILES string of the molecule is CCOC1CN(C(=O)NC(=S)/N=C(/C)N)CC/C1=C/c1ccc(Cl)cc1F. The maximum atomic E-state index is 14.1. The van der Waals surface area contributed by atoms with Gasteiger partial charge in [-0.3, -0.25) is 5.32 Å². The number of halogens is 2. The number of carbonyl (C=O) groups is 1. The lowest BCUT2D eigenvalue weighted by atomic mass is 9.98. The zero-order valence-electron chi connectivity index (χ0n) is 15.2. The Balaban J connectivity index is 2.12. The van der Waals surface area contributed by atoms with E-state index in [2.05, 4.69) is 10.3 Å². The summed E-state index contributed by atoms with van der Waals surface area (Å²) in [6.07, 6.45) is 1.97. The van der Waals surface area contributed by atoms with E-state index >= 15 is 0 Å². The smallest absolute Gasteiger partial charge is 0.323 e. The van der Waals surface area contributed by atoms with E-state index in [1.165, 1.54) is 6.07 Å². The fourth-order valence-electron chi connectivity index (χ4n) is 2.72. The normalized spacial score (nSPS) is 19.3. The number of ether oxygens (including phenoxy) is 1. The lowest BCUT2D eigenvalue weighted by Gasteiger charge is -2.34. The van der Waals surface area contributed by atoms with Crippen molar-refractivity contribution in [3.8, 4) is 0 Å². The number of piperidine rings is 1. The van der Waals surface area contributed by atoms with Crippen LogP contribution < -0.4 is 11.1 Å². The second kappa shape index (κ2) is 9.77. The Labute approximate surface area is 168 Å². The summed E-state index contributed by atoms with van der Waals surface area (Å²) >= 11 is 10.8. The molecule has 1 heterocycles. The number of benzene rings is 1. The highest BCUT2D eigenvalue weighted by molar-refractivity contribution is 7.80. The molecule has 146 valence electrons. The van der Waals surface area contributed by atoms with Gasteiger partial charge in [0.05, 0.1) is 18.5 Å². The zero-order valence-corrected chi connectivity index (χ0v) is 16.7. The molecule has 0 aromatic heterocycles. The van der Waals surface area contributed by atoms with Crippen molar-refractivity contribution in [1.29, 1.82) is 0 Å². The van der Waals surface area contributed by atoms with Gasteiger partial charge < -0.3 is 15.4 Å².